The molecule has 8 nitrogen and oxygen atoms in total. The number of nitrogens with zero attached hydrogens (tertiary/aromatic N) is 3. The van der Waals surface area contributed by atoms with Crippen LogP contribution in [0.3, 0.4) is 0 Å². The maximum Gasteiger partial charge on any atom is 0.308 e. The molecule has 0 unspecified atom stereocenters. The highest BCUT2D eigenvalue weighted by Gasteiger charge is 2.47. The molecule has 1 aromatic rings. The molecule has 3 aliphatic rings. The van der Waals surface area contributed by atoms with E-state index in [1.54, 1.807) is 4.90 Å². The lowest BCUT2D eigenvalue weighted by atomic mass is 9.81. The van der Waals surface area contributed by atoms with Crippen LogP contribution in [0.5, 0.6) is 0 Å². The van der Waals surface area contributed by atoms with Gasteiger partial charge in [-0.3, -0.25) is 24.1 Å². The molecule has 0 N–H and O–H groups in total. The number of carbonyl (C=O) groups excluding carboxylic acids is 4. The number of fused-ring (bicyclic) bond motifs is 1. The Hall–Kier alpha value is -2.90. The van der Waals surface area contributed by atoms with Crippen molar-refractivity contribution < 1.29 is 23.9 Å². The number of esters is 1. The van der Waals surface area contributed by atoms with Crippen molar-refractivity contribution in [1.82, 2.24) is 9.80 Å². The van der Waals surface area contributed by atoms with Crippen LogP contribution in [0.25, 0.3) is 0 Å². The first kappa shape index (κ1) is 21.3. The molecule has 2 saturated heterocycles. The number of ether oxygens (including phenoxy) is 1. The molecule has 1 saturated carbocycles. The minimum atomic E-state index is -0.563. The van der Waals surface area contributed by atoms with Gasteiger partial charge in [0.1, 0.15) is 0 Å². The molecule has 166 valence electrons. The van der Waals surface area contributed by atoms with Crippen LogP contribution in [0.1, 0.15) is 32.1 Å². The molecule has 2 atom stereocenters. The van der Waals surface area contributed by atoms with E-state index in [9.17, 15) is 19.2 Å². The molecule has 3 fully saturated rings. The summed E-state index contributed by atoms with van der Waals surface area (Å²) < 4.78 is 5.12. The molecule has 1 aromatic carbocycles. The molecule has 1 aliphatic carbocycles. The number of benzene rings is 1. The molecular weight excluding hydrogens is 398 g/mol. The van der Waals surface area contributed by atoms with E-state index in [4.69, 9.17) is 4.74 Å². The van der Waals surface area contributed by atoms with Gasteiger partial charge in [0.2, 0.25) is 11.8 Å². The Kier molecular flexibility index (Phi) is 6.53. The van der Waals surface area contributed by atoms with E-state index in [0.29, 0.717) is 13.1 Å². The number of amides is 3. The summed E-state index contributed by atoms with van der Waals surface area (Å²) in [5.74, 6) is -1.53. The van der Waals surface area contributed by atoms with E-state index in [-0.39, 0.29) is 49.1 Å². The number of rotatable bonds is 6. The predicted octanol–water partition coefficient (Wildman–Crippen LogP) is 1.44. The first-order valence-corrected chi connectivity index (χ1v) is 11.1. The van der Waals surface area contributed by atoms with Crippen molar-refractivity contribution in [1.29, 1.82) is 0 Å². The highest BCUT2D eigenvalue weighted by atomic mass is 16.5. The summed E-state index contributed by atoms with van der Waals surface area (Å²) in [5.41, 5.74) is 1.13. The van der Waals surface area contributed by atoms with Crippen LogP contribution in [0.15, 0.2) is 30.3 Å². The van der Waals surface area contributed by atoms with Crippen molar-refractivity contribution in [2.75, 3.05) is 44.2 Å². The van der Waals surface area contributed by atoms with Crippen molar-refractivity contribution >= 4 is 29.4 Å². The highest BCUT2D eigenvalue weighted by Crippen LogP contribution is 2.37. The fraction of sp³-hybridized carbons (Fsp3) is 0.565. The summed E-state index contributed by atoms with van der Waals surface area (Å²) in [5, 5.41) is 0. The van der Waals surface area contributed by atoms with Crippen molar-refractivity contribution in [2.45, 2.75) is 32.1 Å². The van der Waals surface area contributed by atoms with Gasteiger partial charge in [-0.2, -0.15) is 0 Å². The number of para-hydroxylation sites is 1. The van der Waals surface area contributed by atoms with Crippen LogP contribution in [0.4, 0.5) is 5.69 Å². The van der Waals surface area contributed by atoms with Gasteiger partial charge < -0.3 is 14.5 Å². The molecule has 0 bridgehead atoms. The quantitative estimate of drug-likeness (QED) is 0.504. The maximum atomic E-state index is 12.5. The van der Waals surface area contributed by atoms with Crippen LogP contribution in [-0.4, -0.2) is 72.8 Å². The lowest BCUT2D eigenvalue weighted by Gasteiger charge is -2.36. The average Bonchev–Trinajstić information content (AvgIpc) is 3.06. The van der Waals surface area contributed by atoms with E-state index < -0.39 is 5.97 Å². The predicted molar refractivity (Wildman–Crippen MR) is 113 cm³/mol. The monoisotopic (exact) mass is 427 g/mol. The summed E-state index contributed by atoms with van der Waals surface area (Å²) >= 11 is 0. The number of hydrogen-bond donors (Lipinski definition) is 0. The van der Waals surface area contributed by atoms with E-state index >= 15 is 0 Å². The van der Waals surface area contributed by atoms with Gasteiger partial charge >= 0.3 is 5.97 Å². The van der Waals surface area contributed by atoms with Gasteiger partial charge in [0.05, 0.1) is 18.3 Å². The van der Waals surface area contributed by atoms with E-state index in [1.165, 1.54) is 4.90 Å². The number of anilines is 1. The zero-order chi connectivity index (χ0) is 21.8. The molecule has 2 aliphatic heterocycles. The minimum Gasteiger partial charge on any atom is -0.456 e. The zero-order valence-corrected chi connectivity index (χ0v) is 17.7. The van der Waals surface area contributed by atoms with Crippen molar-refractivity contribution in [2.24, 2.45) is 11.8 Å². The summed E-state index contributed by atoms with van der Waals surface area (Å²) in [4.78, 5) is 54.5. The van der Waals surface area contributed by atoms with Crippen molar-refractivity contribution in [3.8, 4) is 0 Å². The second-order valence-electron chi connectivity index (χ2n) is 8.44. The maximum absolute atomic E-state index is 12.5. The lowest BCUT2D eigenvalue weighted by molar-refractivity contribution is -0.153. The van der Waals surface area contributed by atoms with Gasteiger partial charge in [-0.05, 0) is 25.0 Å². The third-order valence-corrected chi connectivity index (χ3v) is 6.58. The van der Waals surface area contributed by atoms with Crippen molar-refractivity contribution in [3.63, 3.8) is 0 Å². The molecule has 31 heavy (non-hydrogen) atoms. The van der Waals surface area contributed by atoms with Gasteiger partial charge in [0.25, 0.3) is 5.91 Å². The van der Waals surface area contributed by atoms with Crippen LogP contribution in [-0.2, 0) is 23.9 Å². The fourth-order valence-electron chi connectivity index (χ4n) is 4.81. The SMILES string of the molecule is O=C(CCN1C(=O)[C@@H]2CCCC[C@H]2C1=O)OCC(=O)N1CCN(c2ccccc2)CC1. The number of carbonyl (C=O) groups is 4. The standard InChI is InChI=1S/C23H29N3O5/c27-20(25-14-12-24(13-15-25)17-6-2-1-3-7-17)16-31-21(28)10-11-26-22(29)18-8-4-5-9-19(18)23(26)30/h1-3,6-7,18-19H,4-5,8-16H2/t18-,19-/m1/s1. The Balaban J connectivity index is 1.18. The summed E-state index contributed by atoms with van der Waals surface area (Å²) in [7, 11) is 0. The third kappa shape index (κ3) is 4.73. The zero-order valence-electron chi connectivity index (χ0n) is 17.7. The van der Waals surface area contributed by atoms with Gasteiger partial charge in [0.15, 0.2) is 6.61 Å². The number of hydrogen-bond acceptors (Lipinski definition) is 6. The minimum absolute atomic E-state index is 0.0352. The lowest BCUT2D eigenvalue weighted by Crippen LogP contribution is -2.50. The van der Waals surface area contributed by atoms with E-state index in [2.05, 4.69) is 4.90 Å². The van der Waals surface area contributed by atoms with E-state index in [1.807, 2.05) is 30.3 Å². The van der Waals surface area contributed by atoms with Crippen LogP contribution in [0.2, 0.25) is 0 Å². The molecule has 0 aromatic heterocycles. The molecule has 2 heterocycles. The Morgan fingerprint density at radius 1 is 0.903 bits per heavy atom. The summed E-state index contributed by atoms with van der Waals surface area (Å²) in [6, 6.07) is 10.0. The average molecular weight is 428 g/mol. The van der Waals surface area contributed by atoms with Gasteiger partial charge in [-0.15, -0.1) is 0 Å². The normalized spacial score (nSPS) is 23.7. The highest BCUT2D eigenvalue weighted by molar-refractivity contribution is 6.05. The second-order valence-corrected chi connectivity index (χ2v) is 8.44. The largest absolute Gasteiger partial charge is 0.456 e. The summed E-state index contributed by atoms with van der Waals surface area (Å²) in [6.45, 7) is 2.33. The second kappa shape index (κ2) is 9.49. The first-order valence-electron chi connectivity index (χ1n) is 11.1. The fourth-order valence-corrected chi connectivity index (χ4v) is 4.81. The number of imide groups is 1. The molecule has 0 spiro atoms. The smallest absolute Gasteiger partial charge is 0.308 e. The van der Waals surface area contributed by atoms with Gasteiger partial charge in [0, 0.05) is 38.4 Å². The summed E-state index contributed by atoms with van der Waals surface area (Å²) in [6.07, 6.45) is 3.37. The number of piperazine rings is 1. The van der Waals surface area contributed by atoms with E-state index in [0.717, 1.165) is 44.5 Å². The Morgan fingerprint density at radius 3 is 2.13 bits per heavy atom. The molecule has 8 heteroatoms. The third-order valence-electron chi connectivity index (χ3n) is 6.58. The van der Waals surface area contributed by atoms with Crippen molar-refractivity contribution in [3.05, 3.63) is 30.3 Å². The van der Waals surface area contributed by atoms with Crippen LogP contribution < -0.4 is 4.90 Å². The Labute approximate surface area is 182 Å². The van der Waals surface area contributed by atoms with Gasteiger partial charge in [-0.1, -0.05) is 31.0 Å². The molecule has 3 amide bonds. The molecule has 0 radical (unpaired) electrons. The molecular formula is C23H29N3O5. The molecule has 4 rings (SSSR count). The Morgan fingerprint density at radius 2 is 1.52 bits per heavy atom. The van der Waals surface area contributed by atoms with Crippen LogP contribution >= 0.6 is 0 Å². The topological polar surface area (TPSA) is 87.2 Å². The number of likely N-dealkylation sites (tertiary alicyclic amines) is 1. The van der Waals surface area contributed by atoms with Gasteiger partial charge in [-0.25, -0.2) is 0 Å². The van der Waals surface area contributed by atoms with Crippen LogP contribution in [0, 0.1) is 11.8 Å². The Bertz CT molecular complexity index is 811. The first-order chi connectivity index (χ1) is 15.0.